The van der Waals surface area contributed by atoms with Gasteiger partial charge < -0.3 is 4.42 Å². The first-order valence-corrected chi connectivity index (χ1v) is 20.6. The maximum atomic E-state index is 6.42. The van der Waals surface area contributed by atoms with E-state index in [4.69, 9.17) is 19.4 Å². The molecule has 0 amide bonds. The maximum Gasteiger partial charge on any atom is 0.164 e. The van der Waals surface area contributed by atoms with Crippen molar-refractivity contribution in [3.63, 3.8) is 0 Å². The number of nitrogens with zero attached hydrogens (tertiary/aromatic N) is 3. The third-order valence-corrected chi connectivity index (χ3v) is 12.0. The van der Waals surface area contributed by atoms with Crippen molar-refractivity contribution in [2.45, 2.75) is 0 Å². The van der Waals surface area contributed by atoms with Crippen LogP contribution < -0.4 is 0 Å². The number of benzene rings is 10. The molecule has 4 nitrogen and oxygen atoms in total. The molecule has 0 aliphatic rings. The number of fused-ring (bicyclic) bond motifs is 7. The Bertz CT molecular complexity index is 3650. The number of aromatic nitrogens is 3. The molecule has 2 heterocycles. The second kappa shape index (κ2) is 14.3. The molecule has 0 N–H and O–H groups in total. The van der Waals surface area contributed by atoms with Crippen LogP contribution in [0.1, 0.15) is 0 Å². The average Bonchev–Trinajstić information content (AvgIpc) is 3.72. The SMILES string of the molecule is c1ccc(-c2ccccc2-c2nc(-c3ccc(-c4cccc5c4oc4ccccc45)cc3)nc(-c3ccccc3-c3c4ccccc4cc4c3ccc3ccccc34)n2)cc1. The summed E-state index contributed by atoms with van der Waals surface area (Å²) in [5.41, 5.74) is 11.0. The summed E-state index contributed by atoms with van der Waals surface area (Å²) in [7, 11) is 0. The van der Waals surface area contributed by atoms with Gasteiger partial charge in [0.25, 0.3) is 0 Å². The van der Waals surface area contributed by atoms with Crippen molar-refractivity contribution in [3.05, 3.63) is 212 Å². The van der Waals surface area contributed by atoms with Gasteiger partial charge >= 0.3 is 0 Å². The van der Waals surface area contributed by atoms with Gasteiger partial charge in [0.1, 0.15) is 11.2 Å². The van der Waals surface area contributed by atoms with E-state index in [-0.39, 0.29) is 0 Å². The van der Waals surface area contributed by atoms with Crippen molar-refractivity contribution in [2.75, 3.05) is 0 Å². The molecule has 0 saturated carbocycles. The molecular formula is C57H35N3O. The Labute approximate surface area is 352 Å². The summed E-state index contributed by atoms with van der Waals surface area (Å²) in [6, 6.07) is 74.5. The number of rotatable bonds is 6. The van der Waals surface area contributed by atoms with E-state index in [1.807, 2.05) is 18.2 Å². The first-order chi connectivity index (χ1) is 30.2. The first-order valence-electron chi connectivity index (χ1n) is 20.6. The largest absolute Gasteiger partial charge is 0.455 e. The molecule has 0 bridgehead atoms. The van der Waals surface area contributed by atoms with E-state index in [9.17, 15) is 0 Å². The van der Waals surface area contributed by atoms with Crippen LogP contribution in [0, 0.1) is 0 Å². The summed E-state index contributed by atoms with van der Waals surface area (Å²) in [6.07, 6.45) is 0. The summed E-state index contributed by atoms with van der Waals surface area (Å²) >= 11 is 0. The highest BCUT2D eigenvalue weighted by atomic mass is 16.3. The van der Waals surface area contributed by atoms with Crippen LogP contribution in [0.5, 0.6) is 0 Å². The summed E-state index contributed by atoms with van der Waals surface area (Å²) in [5.74, 6) is 1.82. The van der Waals surface area contributed by atoms with Gasteiger partial charge in [0.15, 0.2) is 17.5 Å². The summed E-state index contributed by atoms with van der Waals surface area (Å²) < 4.78 is 6.42. The summed E-state index contributed by atoms with van der Waals surface area (Å²) in [6.45, 7) is 0. The molecule has 0 atom stereocenters. The number of hydrogen-bond donors (Lipinski definition) is 0. The molecule has 0 saturated heterocycles. The van der Waals surface area contributed by atoms with E-state index in [2.05, 4.69) is 194 Å². The Kier molecular flexibility index (Phi) is 8.13. The number of para-hydroxylation sites is 2. The topological polar surface area (TPSA) is 51.8 Å². The van der Waals surface area contributed by atoms with Crippen molar-refractivity contribution < 1.29 is 4.42 Å². The molecule has 61 heavy (non-hydrogen) atoms. The van der Waals surface area contributed by atoms with Gasteiger partial charge in [-0.25, -0.2) is 15.0 Å². The van der Waals surface area contributed by atoms with Crippen molar-refractivity contribution in [1.29, 1.82) is 0 Å². The first kappa shape index (κ1) is 34.8. The van der Waals surface area contributed by atoms with Crippen LogP contribution in [-0.4, -0.2) is 15.0 Å². The van der Waals surface area contributed by atoms with E-state index in [0.29, 0.717) is 17.5 Å². The fourth-order valence-corrected chi connectivity index (χ4v) is 9.07. The highest BCUT2D eigenvalue weighted by Gasteiger charge is 2.21. The van der Waals surface area contributed by atoms with Crippen molar-refractivity contribution in [2.24, 2.45) is 0 Å². The molecule has 284 valence electrons. The summed E-state index contributed by atoms with van der Waals surface area (Å²) in [5, 5.41) is 9.42. The zero-order chi connectivity index (χ0) is 40.3. The van der Waals surface area contributed by atoms with Crippen LogP contribution in [0.25, 0.3) is 122 Å². The predicted octanol–water partition coefficient (Wildman–Crippen LogP) is 15.2. The van der Waals surface area contributed by atoms with Crippen LogP contribution in [0.15, 0.2) is 217 Å². The van der Waals surface area contributed by atoms with Crippen LogP contribution in [0.2, 0.25) is 0 Å². The minimum absolute atomic E-state index is 0.597. The molecule has 0 unspecified atom stereocenters. The minimum atomic E-state index is 0.597. The monoisotopic (exact) mass is 777 g/mol. The summed E-state index contributed by atoms with van der Waals surface area (Å²) in [4.78, 5) is 16.0. The van der Waals surface area contributed by atoms with E-state index < -0.39 is 0 Å². The Morgan fingerprint density at radius 2 is 0.820 bits per heavy atom. The highest BCUT2D eigenvalue weighted by molar-refractivity contribution is 6.21. The Morgan fingerprint density at radius 1 is 0.279 bits per heavy atom. The van der Waals surface area contributed by atoms with Crippen molar-refractivity contribution in [3.8, 4) is 67.5 Å². The molecule has 0 radical (unpaired) electrons. The average molecular weight is 778 g/mol. The van der Waals surface area contributed by atoms with Gasteiger partial charge in [-0.3, -0.25) is 0 Å². The fraction of sp³-hybridized carbons (Fsp3) is 0. The highest BCUT2D eigenvalue weighted by Crippen LogP contribution is 2.43. The molecule has 0 fully saturated rings. The number of hydrogen-bond acceptors (Lipinski definition) is 4. The van der Waals surface area contributed by atoms with Gasteiger partial charge in [-0.1, -0.05) is 200 Å². The number of furan rings is 1. The molecule has 2 aromatic heterocycles. The van der Waals surface area contributed by atoms with Crippen LogP contribution in [0.3, 0.4) is 0 Å². The third kappa shape index (κ3) is 5.88. The lowest BCUT2D eigenvalue weighted by Crippen LogP contribution is -2.02. The van der Waals surface area contributed by atoms with Gasteiger partial charge in [0, 0.05) is 33.0 Å². The fourth-order valence-electron chi connectivity index (χ4n) is 9.07. The Morgan fingerprint density at radius 3 is 1.61 bits per heavy atom. The van der Waals surface area contributed by atoms with Crippen molar-refractivity contribution >= 4 is 54.3 Å². The standard InChI is InChI=1S/C57H35N3O/c1-2-15-36(16-3-1)41-19-8-10-24-49(41)56-58-55(39-31-29-38(30-32-39)44-26-14-27-48-45-22-12-13-28-52(45)61-54(44)48)59-57(60-56)50-25-11-9-23-46(50)53-43-21-7-5-18-40(43)35-51-42-20-6-4-17-37(42)33-34-47(51)53/h1-35H. The molecule has 0 spiro atoms. The molecule has 4 heteroatoms. The lowest BCUT2D eigenvalue weighted by Gasteiger charge is -2.17. The van der Waals surface area contributed by atoms with E-state index in [1.54, 1.807) is 0 Å². The maximum absolute atomic E-state index is 6.42. The molecule has 10 aromatic carbocycles. The second-order valence-corrected chi connectivity index (χ2v) is 15.5. The molecular weight excluding hydrogens is 743 g/mol. The Hall–Kier alpha value is -8.21. The van der Waals surface area contributed by atoms with Gasteiger partial charge in [-0.05, 0) is 72.3 Å². The smallest absolute Gasteiger partial charge is 0.164 e. The Balaban J connectivity index is 1.07. The minimum Gasteiger partial charge on any atom is -0.455 e. The van der Waals surface area contributed by atoms with Crippen molar-refractivity contribution in [1.82, 2.24) is 15.0 Å². The lowest BCUT2D eigenvalue weighted by molar-refractivity contribution is 0.670. The van der Waals surface area contributed by atoms with E-state index in [1.165, 1.54) is 32.3 Å². The molecule has 12 aromatic rings. The van der Waals surface area contributed by atoms with Crippen LogP contribution in [0.4, 0.5) is 0 Å². The van der Waals surface area contributed by atoms with Gasteiger partial charge in [0.2, 0.25) is 0 Å². The van der Waals surface area contributed by atoms with E-state index >= 15 is 0 Å². The van der Waals surface area contributed by atoms with Gasteiger partial charge in [0.05, 0.1) is 0 Å². The zero-order valence-electron chi connectivity index (χ0n) is 33.0. The molecule has 0 aliphatic heterocycles. The molecule has 0 aliphatic carbocycles. The van der Waals surface area contributed by atoms with Gasteiger partial charge in [-0.15, -0.1) is 0 Å². The normalized spacial score (nSPS) is 11.6. The lowest BCUT2D eigenvalue weighted by atomic mass is 9.88. The molecule has 12 rings (SSSR count). The van der Waals surface area contributed by atoms with Crippen LogP contribution >= 0.6 is 0 Å². The third-order valence-electron chi connectivity index (χ3n) is 12.0. The second-order valence-electron chi connectivity index (χ2n) is 15.5. The zero-order valence-corrected chi connectivity index (χ0v) is 33.0. The quantitative estimate of drug-likeness (QED) is 0.125. The van der Waals surface area contributed by atoms with Gasteiger partial charge in [-0.2, -0.15) is 0 Å². The van der Waals surface area contributed by atoms with E-state index in [0.717, 1.165) is 72.0 Å². The predicted molar refractivity (Wildman–Crippen MR) is 252 cm³/mol. The van der Waals surface area contributed by atoms with Crippen LogP contribution in [-0.2, 0) is 0 Å².